The molecule has 1 N–H and O–H groups in total. The number of carbonyl (C=O) groups is 1. The molecule has 0 spiro atoms. The summed E-state index contributed by atoms with van der Waals surface area (Å²) in [7, 11) is 0. The van der Waals surface area contributed by atoms with Gasteiger partial charge in [-0.25, -0.2) is 0 Å². The van der Waals surface area contributed by atoms with Crippen LogP contribution in [0.5, 0.6) is 28.7 Å². The Balaban J connectivity index is 2.12. The summed E-state index contributed by atoms with van der Waals surface area (Å²) in [6.45, 7) is 16.4. The highest BCUT2D eigenvalue weighted by atomic mass is 16.5. The lowest BCUT2D eigenvalue weighted by atomic mass is 10.1. The molecule has 0 aliphatic rings. The van der Waals surface area contributed by atoms with Crippen molar-refractivity contribution in [1.82, 2.24) is 5.32 Å². The van der Waals surface area contributed by atoms with E-state index in [2.05, 4.69) is 59.0 Å². The van der Waals surface area contributed by atoms with Gasteiger partial charge in [-0.3, -0.25) is 4.79 Å². The summed E-state index contributed by atoms with van der Waals surface area (Å²) in [5.41, 5.74) is 2.50. The first-order chi connectivity index (χ1) is 28.5. The molecule has 7 heteroatoms. The fourth-order valence-corrected chi connectivity index (χ4v) is 7.06. The van der Waals surface area contributed by atoms with E-state index in [0.29, 0.717) is 62.4 Å². The van der Waals surface area contributed by atoms with E-state index in [1.807, 2.05) is 0 Å². The van der Waals surface area contributed by atoms with Gasteiger partial charge in [0.1, 0.15) is 0 Å². The third-order valence-electron chi connectivity index (χ3n) is 10.8. The van der Waals surface area contributed by atoms with E-state index in [0.717, 1.165) is 74.0 Å². The first kappa shape index (κ1) is 51.1. The number of benzene rings is 2. The maximum Gasteiger partial charge on any atom is 0.251 e. The Labute approximate surface area is 356 Å². The van der Waals surface area contributed by atoms with Gasteiger partial charge < -0.3 is 29.0 Å². The van der Waals surface area contributed by atoms with Crippen LogP contribution in [0.25, 0.3) is 0 Å². The molecule has 0 saturated carbocycles. The van der Waals surface area contributed by atoms with E-state index >= 15 is 0 Å². The second kappa shape index (κ2) is 34.7. The van der Waals surface area contributed by atoms with Gasteiger partial charge in [0.2, 0.25) is 5.75 Å². The van der Waals surface area contributed by atoms with Crippen LogP contribution in [-0.4, -0.2) is 38.9 Å². The van der Waals surface area contributed by atoms with Gasteiger partial charge in [0.15, 0.2) is 23.0 Å². The molecule has 0 bridgehead atoms. The normalized spacial score (nSPS) is 11.1. The summed E-state index contributed by atoms with van der Waals surface area (Å²) >= 11 is 0. The maximum atomic E-state index is 13.8. The number of amides is 1. The molecule has 58 heavy (non-hydrogen) atoms. The zero-order chi connectivity index (χ0) is 41.9. The van der Waals surface area contributed by atoms with Crippen LogP contribution >= 0.6 is 0 Å². The quantitative estimate of drug-likeness (QED) is 0.0678. The van der Waals surface area contributed by atoms with E-state index < -0.39 is 0 Å². The Morgan fingerprint density at radius 2 is 0.759 bits per heavy atom. The van der Waals surface area contributed by atoms with Crippen LogP contribution in [0.15, 0.2) is 24.3 Å². The van der Waals surface area contributed by atoms with E-state index in [9.17, 15) is 4.79 Å². The summed E-state index contributed by atoms with van der Waals surface area (Å²) in [6, 6.07) is 7.77. The van der Waals surface area contributed by atoms with Crippen LogP contribution in [-0.2, 0) is 6.54 Å². The smallest absolute Gasteiger partial charge is 0.251 e. The van der Waals surface area contributed by atoms with Crippen molar-refractivity contribution < 1.29 is 28.5 Å². The topological polar surface area (TPSA) is 75.3 Å². The van der Waals surface area contributed by atoms with E-state index in [1.165, 1.54) is 116 Å². The average Bonchev–Trinajstić information content (AvgIpc) is 3.22. The van der Waals surface area contributed by atoms with Crippen molar-refractivity contribution in [3.63, 3.8) is 0 Å². The number of carbonyl (C=O) groups excluding carboxylic acids is 1. The lowest BCUT2D eigenvalue weighted by Crippen LogP contribution is -2.23. The van der Waals surface area contributed by atoms with E-state index in [1.54, 1.807) is 12.1 Å². The minimum absolute atomic E-state index is 0.187. The van der Waals surface area contributed by atoms with Crippen molar-refractivity contribution in [2.75, 3.05) is 33.0 Å². The fraction of sp³-hybridized carbons (Fsp3) is 0.745. The molecule has 332 valence electrons. The van der Waals surface area contributed by atoms with Crippen LogP contribution in [0.1, 0.15) is 223 Å². The molecule has 0 heterocycles. The Morgan fingerprint density at radius 1 is 0.414 bits per heavy atom. The number of aryl methyl sites for hydroxylation is 1. The van der Waals surface area contributed by atoms with Crippen molar-refractivity contribution >= 4 is 5.91 Å². The maximum absolute atomic E-state index is 13.8. The number of unbranched alkanes of at least 4 members (excludes halogenated alkanes) is 21. The first-order valence-corrected chi connectivity index (χ1v) is 24.2. The Morgan fingerprint density at radius 3 is 1.21 bits per heavy atom. The Hall–Kier alpha value is -3.09. The molecule has 0 aliphatic carbocycles. The molecule has 0 aliphatic heterocycles. The highest BCUT2D eigenvalue weighted by Crippen LogP contribution is 2.40. The lowest BCUT2D eigenvalue weighted by Gasteiger charge is -2.19. The number of ether oxygens (including phenoxy) is 5. The van der Waals surface area contributed by atoms with Crippen molar-refractivity contribution in [1.29, 1.82) is 0 Å². The number of hydrogen-bond acceptors (Lipinski definition) is 6. The van der Waals surface area contributed by atoms with Gasteiger partial charge in [0, 0.05) is 12.1 Å². The second-order valence-corrected chi connectivity index (χ2v) is 16.4. The molecule has 7 nitrogen and oxygen atoms in total. The summed E-state index contributed by atoms with van der Waals surface area (Å²) in [6.07, 6.45) is 31.7. The van der Waals surface area contributed by atoms with Crippen LogP contribution in [0, 0.1) is 6.92 Å². The molecular formula is C51H87NO6. The average molecular weight is 810 g/mol. The molecule has 1 amide bonds. The summed E-state index contributed by atoms with van der Waals surface area (Å²) in [5.74, 6) is 3.13. The van der Waals surface area contributed by atoms with Crippen molar-refractivity contribution in [2.45, 2.75) is 215 Å². The summed E-state index contributed by atoms with van der Waals surface area (Å²) < 4.78 is 31.5. The fourth-order valence-electron chi connectivity index (χ4n) is 7.06. The van der Waals surface area contributed by atoms with Gasteiger partial charge in [0.05, 0.1) is 33.0 Å². The molecular weight excluding hydrogens is 723 g/mol. The summed E-state index contributed by atoms with van der Waals surface area (Å²) in [4.78, 5) is 13.8. The van der Waals surface area contributed by atoms with Crippen molar-refractivity contribution in [2.24, 2.45) is 0 Å². The standard InChI is InChI=1S/C51H87NO6/c1-7-12-17-19-21-23-25-27-29-31-36-56-46-39-44(38-43(6)49(46)57-37-32-30-28-26-24-22-20-18-13-8-2)42-52-51(53)45-40-47(54-33-14-9-3)50(58-35-16-11-5)48(41-45)55-34-15-10-4/h38-41H,7-37,42H2,1-6H3,(H,52,53). The molecule has 0 atom stereocenters. The molecule has 2 rings (SSSR count). The highest BCUT2D eigenvalue weighted by molar-refractivity contribution is 5.95. The van der Waals surface area contributed by atoms with Gasteiger partial charge >= 0.3 is 0 Å². The lowest BCUT2D eigenvalue weighted by molar-refractivity contribution is 0.0949. The molecule has 2 aromatic rings. The SMILES string of the molecule is CCCCCCCCCCCCOc1cc(CNC(=O)c2cc(OCCCC)c(OCCCC)c(OCCCC)c2)cc(C)c1OCCCCCCCCCCCC. The number of rotatable bonds is 39. The van der Waals surface area contributed by atoms with Crippen LogP contribution in [0.2, 0.25) is 0 Å². The largest absolute Gasteiger partial charge is 0.490 e. The highest BCUT2D eigenvalue weighted by Gasteiger charge is 2.20. The van der Waals surface area contributed by atoms with Gasteiger partial charge in [0.25, 0.3) is 5.91 Å². The zero-order valence-corrected chi connectivity index (χ0v) is 38.4. The van der Waals surface area contributed by atoms with Gasteiger partial charge in [-0.05, 0) is 68.4 Å². The van der Waals surface area contributed by atoms with Crippen LogP contribution in [0.3, 0.4) is 0 Å². The monoisotopic (exact) mass is 810 g/mol. The van der Waals surface area contributed by atoms with Gasteiger partial charge in [-0.2, -0.15) is 0 Å². The predicted molar refractivity (Wildman–Crippen MR) is 245 cm³/mol. The Kier molecular flexibility index (Phi) is 30.6. The number of nitrogens with one attached hydrogen (secondary N) is 1. The summed E-state index contributed by atoms with van der Waals surface area (Å²) in [5, 5.41) is 3.17. The third-order valence-corrected chi connectivity index (χ3v) is 10.8. The first-order valence-electron chi connectivity index (χ1n) is 24.2. The molecule has 0 aromatic heterocycles. The molecule has 0 unspecified atom stereocenters. The molecule has 0 radical (unpaired) electrons. The third kappa shape index (κ3) is 22.9. The second-order valence-electron chi connectivity index (χ2n) is 16.4. The molecule has 0 saturated heterocycles. The van der Waals surface area contributed by atoms with Crippen LogP contribution in [0.4, 0.5) is 0 Å². The minimum atomic E-state index is -0.187. The van der Waals surface area contributed by atoms with Gasteiger partial charge in [-0.15, -0.1) is 0 Å². The van der Waals surface area contributed by atoms with Gasteiger partial charge in [-0.1, -0.05) is 176 Å². The Bertz CT molecular complexity index is 1280. The predicted octanol–water partition coefficient (Wildman–Crippen LogP) is 15.1. The van der Waals surface area contributed by atoms with Crippen molar-refractivity contribution in [3.8, 4) is 28.7 Å². The molecule has 2 aromatic carbocycles. The van der Waals surface area contributed by atoms with E-state index in [4.69, 9.17) is 23.7 Å². The number of hydrogen-bond donors (Lipinski definition) is 1. The molecule has 0 fully saturated rings. The van der Waals surface area contributed by atoms with E-state index in [-0.39, 0.29) is 5.91 Å². The minimum Gasteiger partial charge on any atom is -0.490 e. The van der Waals surface area contributed by atoms with Crippen LogP contribution < -0.4 is 29.0 Å². The zero-order valence-electron chi connectivity index (χ0n) is 38.4. The van der Waals surface area contributed by atoms with Crippen molar-refractivity contribution in [3.05, 3.63) is 41.0 Å².